The van der Waals surface area contributed by atoms with Gasteiger partial charge in [0.2, 0.25) is 0 Å². The average molecular weight is 311 g/mol. The number of carbonyl (C=O) groups is 1. The number of likely N-dealkylation sites (tertiary alicyclic amines) is 1. The van der Waals surface area contributed by atoms with Gasteiger partial charge < -0.3 is 15.0 Å². The number of hydrogen-bond acceptors (Lipinski definition) is 6. The zero-order valence-electron chi connectivity index (χ0n) is 13.1. The van der Waals surface area contributed by atoms with E-state index in [-0.39, 0.29) is 5.97 Å². The summed E-state index contributed by atoms with van der Waals surface area (Å²) in [5, 5.41) is 4.21. The lowest BCUT2D eigenvalue weighted by molar-refractivity contribution is 0.0527. The fraction of sp³-hybridized carbons (Fsp3) is 0.733. The maximum Gasteiger partial charge on any atom is 0.343 e. The van der Waals surface area contributed by atoms with Crippen LogP contribution in [-0.2, 0) is 4.74 Å². The largest absolute Gasteiger partial charge is 0.462 e. The van der Waals surface area contributed by atoms with E-state index in [2.05, 4.69) is 21.5 Å². The molecular weight excluding hydrogens is 286 g/mol. The van der Waals surface area contributed by atoms with Gasteiger partial charge in [0, 0.05) is 13.1 Å². The van der Waals surface area contributed by atoms with Crippen LogP contribution in [0.3, 0.4) is 0 Å². The normalized spacial score (nSPS) is 16.9. The number of aromatic nitrogens is 1. The molecule has 6 heteroatoms. The van der Waals surface area contributed by atoms with Crippen molar-refractivity contribution in [2.75, 3.05) is 38.1 Å². The zero-order chi connectivity index (χ0) is 15.2. The molecule has 5 nitrogen and oxygen atoms in total. The Kier molecular flexibility index (Phi) is 5.99. The molecule has 1 aliphatic heterocycles. The Morgan fingerprint density at radius 1 is 1.48 bits per heavy atom. The molecule has 1 atom stereocenters. The van der Waals surface area contributed by atoms with Crippen molar-refractivity contribution >= 4 is 22.5 Å². The first-order valence-electron chi connectivity index (χ1n) is 7.71. The van der Waals surface area contributed by atoms with Crippen LogP contribution in [0.2, 0.25) is 0 Å². The van der Waals surface area contributed by atoms with Gasteiger partial charge in [-0.15, -0.1) is 0 Å². The van der Waals surface area contributed by atoms with Gasteiger partial charge >= 0.3 is 5.97 Å². The molecule has 0 saturated carbocycles. The third kappa shape index (κ3) is 4.41. The first kappa shape index (κ1) is 16.2. The van der Waals surface area contributed by atoms with Crippen LogP contribution >= 0.6 is 11.5 Å². The Labute approximate surface area is 130 Å². The monoisotopic (exact) mass is 311 g/mol. The molecule has 0 aliphatic carbocycles. The Hall–Kier alpha value is -1.14. The molecule has 0 amide bonds. The van der Waals surface area contributed by atoms with E-state index < -0.39 is 0 Å². The second kappa shape index (κ2) is 7.75. The smallest absolute Gasteiger partial charge is 0.343 e. The molecule has 1 fully saturated rings. The third-order valence-corrected chi connectivity index (χ3v) is 4.62. The quantitative estimate of drug-likeness (QED) is 0.785. The number of carbonyl (C=O) groups excluding carboxylic acids is 1. The first-order chi connectivity index (χ1) is 10.1. The Balaban J connectivity index is 1.88. The van der Waals surface area contributed by atoms with Gasteiger partial charge in [0.05, 0.1) is 12.3 Å². The predicted octanol–water partition coefficient (Wildman–Crippen LogP) is 2.77. The molecule has 0 radical (unpaired) electrons. The number of rotatable bonds is 7. The van der Waals surface area contributed by atoms with Crippen LogP contribution in [0.1, 0.15) is 42.7 Å². The average Bonchev–Trinajstić information content (AvgIpc) is 3.06. The van der Waals surface area contributed by atoms with Crippen LogP contribution in [0.15, 0.2) is 0 Å². The standard InChI is InChI=1S/C15H25N3O2S/c1-4-20-15(19)13-12(3)17-21-14(13)16-9-11(2)10-18-7-5-6-8-18/h11,16H,4-10H2,1-3H3. The SMILES string of the molecule is CCOC(=O)c1c(C)nsc1NCC(C)CN1CCCC1. The fourth-order valence-corrected chi connectivity index (χ4v) is 3.46. The molecule has 118 valence electrons. The van der Waals surface area contributed by atoms with E-state index in [1.165, 1.54) is 37.5 Å². The number of aryl methyl sites for hydroxylation is 1. The van der Waals surface area contributed by atoms with Crippen LogP contribution in [0, 0.1) is 12.8 Å². The number of hydrogen-bond donors (Lipinski definition) is 1. The number of nitrogens with zero attached hydrogens (tertiary/aromatic N) is 2. The molecule has 1 aromatic heterocycles. The van der Waals surface area contributed by atoms with Gasteiger partial charge in [0.15, 0.2) is 0 Å². The zero-order valence-corrected chi connectivity index (χ0v) is 14.0. The van der Waals surface area contributed by atoms with Gasteiger partial charge in [-0.1, -0.05) is 6.92 Å². The van der Waals surface area contributed by atoms with Crippen LogP contribution in [0.4, 0.5) is 5.00 Å². The number of ether oxygens (including phenoxy) is 1. The second-order valence-electron chi connectivity index (χ2n) is 5.69. The van der Waals surface area contributed by atoms with Gasteiger partial charge in [0.25, 0.3) is 0 Å². The molecule has 0 bridgehead atoms. The lowest BCUT2D eigenvalue weighted by atomic mass is 10.1. The lowest BCUT2D eigenvalue weighted by Crippen LogP contribution is -2.29. The highest BCUT2D eigenvalue weighted by molar-refractivity contribution is 7.10. The number of nitrogens with one attached hydrogen (secondary N) is 1. The first-order valence-corrected chi connectivity index (χ1v) is 8.48. The fourth-order valence-electron chi connectivity index (χ4n) is 2.67. The molecule has 1 aliphatic rings. The Morgan fingerprint density at radius 2 is 2.19 bits per heavy atom. The van der Waals surface area contributed by atoms with Crippen molar-refractivity contribution < 1.29 is 9.53 Å². The minimum absolute atomic E-state index is 0.279. The summed E-state index contributed by atoms with van der Waals surface area (Å²) >= 11 is 1.34. The molecule has 0 aromatic carbocycles. The maximum atomic E-state index is 12.0. The molecule has 2 heterocycles. The second-order valence-corrected chi connectivity index (χ2v) is 6.46. The number of esters is 1. The van der Waals surface area contributed by atoms with Crippen molar-refractivity contribution in [3.8, 4) is 0 Å². The summed E-state index contributed by atoms with van der Waals surface area (Å²) in [5.74, 6) is 0.263. The Bertz CT molecular complexity index is 469. The predicted molar refractivity (Wildman–Crippen MR) is 86.1 cm³/mol. The highest BCUT2D eigenvalue weighted by atomic mass is 32.1. The van der Waals surface area contributed by atoms with Gasteiger partial charge in [-0.2, -0.15) is 4.37 Å². The summed E-state index contributed by atoms with van der Waals surface area (Å²) in [6.07, 6.45) is 2.64. The molecule has 1 N–H and O–H groups in total. The summed E-state index contributed by atoms with van der Waals surface area (Å²) in [4.78, 5) is 14.5. The van der Waals surface area contributed by atoms with Crippen molar-refractivity contribution in [1.29, 1.82) is 0 Å². The summed E-state index contributed by atoms with van der Waals surface area (Å²) < 4.78 is 9.37. The molecule has 1 aromatic rings. The van der Waals surface area contributed by atoms with Crippen LogP contribution in [-0.4, -0.2) is 48.0 Å². The highest BCUT2D eigenvalue weighted by Gasteiger charge is 2.20. The summed E-state index contributed by atoms with van der Waals surface area (Å²) in [6.45, 7) is 10.7. The number of anilines is 1. The van der Waals surface area contributed by atoms with E-state index in [0.717, 1.165) is 23.8 Å². The third-order valence-electron chi connectivity index (χ3n) is 3.72. The van der Waals surface area contributed by atoms with Crippen molar-refractivity contribution in [3.63, 3.8) is 0 Å². The molecule has 1 unspecified atom stereocenters. The van der Waals surface area contributed by atoms with Gasteiger partial charge in [0.1, 0.15) is 10.6 Å². The molecule has 2 rings (SSSR count). The molecule has 1 saturated heterocycles. The molecule has 0 spiro atoms. The van der Waals surface area contributed by atoms with E-state index in [9.17, 15) is 4.79 Å². The summed E-state index contributed by atoms with van der Waals surface area (Å²) in [5.41, 5.74) is 1.34. The summed E-state index contributed by atoms with van der Waals surface area (Å²) in [6, 6.07) is 0. The van der Waals surface area contributed by atoms with Crippen molar-refractivity contribution in [3.05, 3.63) is 11.3 Å². The van der Waals surface area contributed by atoms with Crippen LogP contribution in [0.25, 0.3) is 0 Å². The van der Waals surface area contributed by atoms with E-state index in [1.54, 1.807) is 0 Å². The highest BCUT2D eigenvalue weighted by Crippen LogP contribution is 2.25. The minimum atomic E-state index is -0.279. The minimum Gasteiger partial charge on any atom is -0.462 e. The van der Waals surface area contributed by atoms with E-state index in [0.29, 0.717) is 18.1 Å². The van der Waals surface area contributed by atoms with Gasteiger partial charge in [-0.25, -0.2) is 4.79 Å². The van der Waals surface area contributed by atoms with Crippen molar-refractivity contribution in [2.45, 2.75) is 33.6 Å². The van der Waals surface area contributed by atoms with Gasteiger partial charge in [-0.3, -0.25) is 0 Å². The topological polar surface area (TPSA) is 54.5 Å². The lowest BCUT2D eigenvalue weighted by Gasteiger charge is -2.20. The van der Waals surface area contributed by atoms with Crippen molar-refractivity contribution in [1.82, 2.24) is 9.27 Å². The van der Waals surface area contributed by atoms with Crippen LogP contribution in [0.5, 0.6) is 0 Å². The summed E-state index contributed by atoms with van der Waals surface area (Å²) in [7, 11) is 0. The van der Waals surface area contributed by atoms with Crippen LogP contribution < -0.4 is 5.32 Å². The molecule has 21 heavy (non-hydrogen) atoms. The van der Waals surface area contributed by atoms with Crippen molar-refractivity contribution in [2.24, 2.45) is 5.92 Å². The van der Waals surface area contributed by atoms with E-state index in [4.69, 9.17) is 4.74 Å². The van der Waals surface area contributed by atoms with E-state index in [1.807, 2.05) is 13.8 Å². The van der Waals surface area contributed by atoms with E-state index >= 15 is 0 Å². The Morgan fingerprint density at radius 3 is 2.86 bits per heavy atom. The maximum absolute atomic E-state index is 12.0. The molecular formula is C15H25N3O2S. The van der Waals surface area contributed by atoms with Gasteiger partial charge in [-0.05, 0) is 57.2 Å².